The van der Waals surface area contributed by atoms with Crippen LogP contribution in [0.3, 0.4) is 0 Å². The van der Waals surface area contributed by atoms with Crippen LogP contribution in [0.15, 0.2) is 48.9 Å². The first-order valence-corrected chi connectivity index (χ1v) is 10.00. The molecule has 0 fully saturated rings. The van der Waals surface area contributed by atoms with E-state index in [1.54, 1.807) is 0 Å². The molecule has 5 nitrogen and oxygen atoms in total. The lowest BCUT2D eigenvalue weighted by Crippen LogP contribution is -2.43. The third-order valence-electron chi connectivity index (χ3n) is 4.95. The molecule has 0 bridgehead atoms. The number of carbonyl (C=O) groups excluding carboxylic acids is 2. The normalized spacial score (nSPS) is 13.4. The molecule has 28 heavy (non-hydrogen) atoms. The first kappa shape index (κ1) is 21.7. The number of carbonyl (C=O) groups is 2. The molecular formula is C23H31N3O2. The van der Waals surface area contributed by atoms with Gasteiger partial charge in [-0.3, -0.25) is 14.6 Å². The molecule has 1 amide bonds. The first-order valence-electron chi connectivity index (χ1n) is 10.00. The molecule has 1 aromatic heterocycles. The lowest BCUT2D eigenvalue weighted by Gasteiger charge is -2.25. The zero-order chi connectivity index (χ0) is 20.5. The highest BCUT2D eigenvalue weighted by Crippen LogP contribution is 2.25. The van der Waals surface area contributed by atoms with Crippen molar-refractivity contribution in [2.75, 3.05) is 0 Å². The quantitative estimate of drug-likeness (QED) is 0.673. The zero-order valence-corrected chi connectivity index (χ0v) is 17.3. The number of nitrogens with zero attached hydrogens (tertiary/aromatic N) is 2. The number of hydrogen-bond acceptors (Lipinski definition) is 4. The molecule has 1 N–H and O–H groups in total. The van der Waals surface area contributed by atoms with Crippen LogP contribution in [0.5, 0.6) is 0 Å². The van der Waals surface area contributed by atoms with E-state index in [9.17, 15) is 9.59 Å². The van der Waals surface area contributed by atoms with Crippen molar-refractivity contribution >= 4 is 11.7 Å². The fraction of sp³-hybridized carbons (Fsp3) is 0.478. The summed E-state index contributed by atoms with van der Waals surface area (Å²) in [6.45, 7) is 8.67. The molecule has 2 atom stereocenters. The number of nitrogens with one attached hydrogen (secondary N) is 1. The molecule has 0 saturated heterocycles. The average Bonchev–Trinajstić information content (AvgIpc) is 2.68. The summed E-state index contributed by atoms with van der Waals surface area (Å²) in [6.07, 6.45) is 6.34. The van der Waals surface area contributed by atoms with Crippen molar-refractivity contribution in [1.29, 1.82) is 0 Å². The Kier molecular flexibility index (Phi) is 8.30. The van der Waals surface area contributed by atoms with Gasteiger partial charge in [0, 0.05) is 18.8 Å². The van der Waals surface area contributed by atoms with E-state index >= 15 is 0 Å². The molecule has 0 radical (unpaired) electrons. The van der Waals surface area contributed by atoms with E-state index in [0.29, 0.717) is 30.6 Å². The van der Waals surface area contributed by atoms with Gasteiger partial charge in [-0.1, -0.05) is 58.0 Å². The Balaban J connectivity index is 2.16. The fourth-order valence-electron chi connectivity index (χ4n) is 3.34. The second-order valence-electron chi connectivity index (χ2n) is 8.11. The summed E-state index contributed by atoms with van der Waals surface area (Å²) in [6, 6.07) is 9.20. The van der Waals surface area contributed by atoms with Gasteiger partial charge in [-0.25, -0.2) is 4.98 Å². The Morgan fingerprint density at radius 2 is 1.75 bits per heavy atom. The summed E-state index contributed by atoms with van der Waals surface area (Å²) >= 11 is 0. The van der Waals surface area contributed by atoms with E-state index in [4.69, 9.17) is 0 Å². The fourth-order valence-corrected chi connectivity index (χ4v) is 3.34. The summed E-state index contributed by atoms with van der Waals surface area (Å²) < 4.78 is 0. The van der Waals surface area contributed by atoms with Crippen LogP contribution in [0.25, 0.3) is 0 Å². The molecule has 150 valence electrons. The highest BCUT2D eigenvalue weighted by Gasteiger charge is 2.26. The van der Waals surface area contributed by atoms with E-state index in [-0.39, 0.29) is 17.4 Å². The number of ketones is 1. The van der Waals surface area contributed by atoms with Crippen molar-refractivity contribution in [3.63, 3.8) is 0 Å². The van der Waals surface area contributed by atoms with Gasteiger partial charge in [0.05, 0.1) is 12.2 Å². The highest BCUT2D eigenvalue weighted by atomic mass is 16.2. The maximum absolute atomic E-state index is 13.2. The van der Waals surface area contributed by atoms with Crippen LogP contribution < -0.4 is 5.32 Å². The maximum atomic E-state index is 13.2. The largest absolute Gasteiger partial charge is 0.341 e. The molecule has 0 aliphatic rings. The van der Waals surface area contributed by atoms with Crippen molar-refractivity contribution in [3.8, 4) is 0 Å². The summed E-state index contributed by atoms with van der Waals surface area (Å²) in [5, 5.41) is 2.89. The minimum atomic E-state index is -0.578. The van der Waals surface area contributed by atoms with Gasteiger partial charge in [-0.05, 0) is 36.2 Å². The maximum Gasteiger partial charge on any atom is 0.272 e. The van der Waals surface area contributed by atoms with Crippen LogP contribution in [0.1, 0.15) is 56.6 Å². The van der Waals surface area contributed by atoms with E-state index in [0.717, 1.165) is 12.0 Å². The molecule has 0 unspecified atom stereocenters. The zero-order valence-electron chi connectivity index (χ0n) is 17.3. The number of benzene rings is 1. The summed E-state index contributed by atoms with van der Waals surface area (Å²) in [5.41, 5.74) is 1.24. The predicted octanol–water partition coefficient (Wildman–Crippen LogP) is 4.10. The van der Waals surface area contributed by atoms with Crippen LogP contribution in [-0.4, -0.2) is 27.7 Å². The van der Waals surface area contributed by atoms with E-state index < -0.39 is 6.04 Å². The minimum Gasteiger partial charge on any atom is -0.341 e. The van der Waals surface area contributed by atoms with Gasteiger partial charge in [0.25, 0.3) is 5.91 Å². The van der Waals surface area contributed by atoms with Crippen molar-refractivity contribution in [1.82, 2.24) is 15.3 Å². The summed E-state index contributed by atoms with van der Waals surface area (Å²) in [7, 11) is 0. The van der Waals surface area contributed by atoms with Gasteiger partial charge in [0.1, 0.15) is 5.69 Å². The summed E-state index contributed by atoms with van der Waals surface area (Å²) in [4.78, 5) is 33.7. The number of rotatable bonds is 10. The second-order valence-corrected chi connectivity index (χ2v) is 8.11. The van der Waals surface area contributed by atoms with Crippen LogP contribution in [-0.2, 0) is 11.2 Å². The Labute approximate surface area is 168 Å². The average molecular weight is 382 g/mol. The van der Waals surface area contributed by atoms with Gasteiger partial charge >= 0.3 is 0 Å². The topological polar surface area (TPSA) is 72.0 Å². The van der Waals surface area contributed by atoms with Crippen molar-refractivity contribution in [2.45, 2.75) is 53.0 Å². The van der Waals surface area contributed by atoms with Crippen molar-refractivity contribution in [2.24, 2.45) is 17.8 Å². The molecule has 1 aromatic carbocycles. The molecular weight excluding hydrogens is 350 g/mol. The third kappa shape index (κ3) is 6.87. The number of amides is 1. The van der Waals surface area contributed by atoms with Crippen molar-refractivity contribution in [3.05, 3.63) is 60.2 Å². The van der Waals surface area contributed by atoms with E-state index in [2.05, 4.69) is 43.0 Å². The first-order chi connectivity index (χ1) is 13.4. The molecule has 2 rings (SSSR count). The van der Waals surface area contributed by atoms with Crippen LogP contribution >= 0.6 is 0 Å². The van der Waals surface area contributed by atoms with Crippen molar-refractivity contribution < 1.29 is 9.59 Å². The molecule has 1 heterocycles. The monoisotopic (exact) mass is 381 g/mol. The third-order valence-corrected chi connectivity index (χ3v) is 4.95. The standard InChI is InChI=1S/C23H31N3O2/c1-16(2)12-19(17(3)4)14-22(27)20(13-18-8-6-5-7-9-18)26-23(28)21-15-24-10-11-25-21/h5-11,15-17,19-20H,12-14H2,1-4H3,(H,26,28)/t19-,20+/m1/s1. The lowest BCUT2D eigenvalue weighted by molar-refractivity contribution is -0.122. The Hall–Kier alpha value is -2.56. The van der Waals surface area contributed by atoms with E-state index in [1.807, 2.05) is 30.3 Å². The lowest BCUT2D eigenvalue weighted by atomic mass is 9.82. The van der Waals surface area contributed by atoms with Gasteiger partial charge in [0.15, 0.2) is 5.78 Å². The molecule has 2 aromatic rings. The Morgan fingerprint density at radius 3 is 2.32 bits per heavy atom. The van der Waals surface area contributed by atoms with Crippen LogP contribution in [0.4, 0.5) is 0 Å². The van der Waals surface area contributed by atoms with Gasteiger partial charge < -0.3 is 5.32 Å². The number of hydrogen-bond donors (Lipinski definition) is 1. The molecule has 5 heteroatoms. The predicted molar refractivity (Wildman–Crippen MR) is 111 cm³/mol. The van der Waals surface area contributed by atoms with Gasteiger partial charge in [-0.2, -0.15) is 0 Å². The Morgan fingerprint density at radius 1 is 1.04 bits per heavy atom. The van der Waals surface area contributed by atoms with Gasteiger partial charge in [0.2, 0.25) is 0 Å². The SMILES string of the molecule is CC(C)C[C@H](CC(=O)[C@H](Cc1ccccc1)NC(=O)c1cnccn1)C(C)C. The molecule has 0 saturated carbocycles. The minimum absolute atomic E-state index is 0.0699. The molecule has 0 spiro atoms. The van der Waals surface area contributed by atoms with Crippen LogP contribution in [0.2, 0.25) is 0 Å². The molecule has 0 aliphatic heterocycles. The smallest absolute Gasteiger partial charge is 0.272 e. The van der Waals surface area contributed by atoms with Crippen LogP contribution in [0, 0.1) is 17.8 Å². The second kappa shape index (κ2) is 10.7. The number of Topliss-reactive ketones (excluding diaryl/α,β-unsaturated/α-hetero) is 1. The highest BCUT2D eigenvalue weighted by molar-refractivity contribution is 5.96. The molecule has 0 aliphatic carbocycles. The summed E-state index contributed by atoms with van der Waals surface area (Å²) in [5.74, 6) is 0.952. The Bertz CT molecular complexity index is 745. The van der Waals surface area contributed by atoms with E-state index in [1.165, 1.54) is 18.6 Å². The number of aromatic nitrogens is 2. The van der Waals surface area contributed by atoms with Gasteiger partial charge in [-0.15, -0.1) is 0 Å².